The zero-order valence-corrected chi connectivity index (χ0v) is 10.2. The minimum Gasteiger partial charge on any atom is -0.288 e. The second-order valence-electron chi connectivity index (χ2n) is 3.78. The Kier molecular flexibility index (Phi) is 4.64. The molecule has 1 aliphatic rings. The summed E-state index contributed by atoms with van der Waals surface area (Å²) in [5.41, 5.74) is 2.05. The Morgan fingerprint density at radius 1 is 1.29 bits per heavy atom. The van der Waals surface area contributed by atoms with Crippen LogP contribution in [0.15, 0.2) is 30.9 Å². The number of amides is 2. The van der Waals surface area contributed by atoms with Gasteiger partial charge in [-0.25, -0.2) is 0 Å². The summed E-state index contributed by atoms with van der Waals surface area (Å²) >= 11 is 0. The highest BCUT2D eigenvalue weighted by molar-refractivity contribution is 6.22. The van der Waals surface area contributed by atoms with Crippen molar-refractivity contribution < 1.29 is 9.59 Å². The van der Waals surface area contributed by atoms with Crippen molar-refractivity contribution in [3.05, 3.63) is 47.5 Å². The molecule has 0 aromatic heterocycles. The lowest BCUT2D eigenvalue weighted by Crippen LogP contribution is -2.20. The lowest BCUT2D eigenvalue weighted by molar-refractivity contribution is 0.0879. The molecule has 1 N–H and O–H groups in total. The number of allylic oxidation sites excluding steroid dienone is 1. The molecule has 1 aliphatic heterocycles. The number of benzene rings is 1. The molecule has 0 saturated carbocycles. The summed E-state index contributed by atoms with van der Waals surface area (Å²) < 4.78 is 0. The summed E-state index contributed by atoms with van der Waals surface area (Å²) in [6.07, 6.45) is 3.56. The van der Waals surface area contributed by atoms with Gasteiger partial charge in [0.05, 0.1) is 11.1 Å². The third-order valence-corrected chi connectivity index (χ3v) is 2.37. The third kappa shape index (κ3) is 2.81. The van der Waals surface area contributed by atoms with Crippen molar-refractivity contribution in [2.45, 2.75) is 26.7 Å². The number of hydrogen-bond acceptors (Lipinski definition) is 2. The van der Waals surface area contributed by atoms with Crippen LogP contribution in [0.2, 0.25) is 0 Å². The van der Waals surface area contributed by atoms with Gasteiger partial charge < -0.3 is 0 Å². The maximum atomic E-state index is 11.4. The van der Waals surface area contributed by atoms with Gasteiger partial charge in [-0.15, -0.1) is 6.58 Å². The first-order valence-electron chi connectivity index (χ1n) is 5.70. The van der Waals surface area contributed by atoms with Gasteiger partial charge in [-0.2, -0.15) is 0 Å². The van der Waals surface area contributed by atoms with Crippen LogP contribution in [-0.4, -0.2) is 11.8 Å². The number of rotatable bonds is 2. The molecule has 0 fully saturated rings. The molecule has 0 radical (unpaired) electrons. The molecular weight excluding hydrogens is 214 g/mol. The summed E-state index contributed by atoms with van der Waals surface area (Å²) in [6.45, 7) is 7.30. The van der Waals surface area contributed by atoms with Gasteiger partial charge in [0.1, 0.15) is 0 Å². The van der Waals surface area contributed by atoms with Crippen LogP contribution in [0.5, 0.6) is 0 Å². The molecular formula is C14H17NO2. The summed E-state index contributed by atoms with van der Waals surface area (Å²) in [4.78, 5) is 22.7. The van der Waals surface area contributed by atoms with E-state index in [9.17, 15) is 9.59 Å². The molecule has 2 amide bonds. The summed E-state index contributed by atoms with van der Waals surface area (Å²) in [5, 5.41) is 2.30. The van der Waals surface area contributed by atoms with E-state index in [4.69, 9.17) is 0 Å². The quantitative estimate of drug-likeness (QED) is 0.628. The van der Waals surface area contributed by atoms with Crippen molar-refractivity contribution >= 4 is 11.8 Å². The molecule has 3 nitrogen and oxygen atoms in total. The van der Waals surface area contributed by atoms with Crippen LogP contribution in [0.1, 0.15) is 46.5 Å². The SMILES string of the molecule is C=CC.CCCc1cccc2c1C(=O)NC2=O. The van der Waals surface area contributed by atoms with Crippen molar-refractivity contribution in [3.63, 3.8) is 0 Å². The van der Waals surface area contributed by atoms with Gasteiger partial charge in [0.2, 0.25) is 0 Å². The first-order valence-corrected chi connectivity index (χ1v) is 5.70. The van der Waals surface area contributed by atoms with Gasteiger partial charge in [0.25, 0.3) is 11.8 Å². The Labute approximate surface area is 102 Å². The summed E-state index contributed by atoms with van der Waals surface area (Å²) in [7, 11) is 0. The van der Waals surface area contributed by atoms with E-state index in [-0.39, 0.29) is 11.8 Å². The molecule has 0 spiro atoms. The largest absolute Gasteiger partial charge is 0.288 e. The van der Waals surface area contributed by atoms with Crippen LogP contribution >= 0.6 is 0 Å². The Morgan fingerprint density at radius 2 is 1.94 bits per heavy atom. The number of fused-ring (bicyclic) bond motifs is 1. The molecule has 3 heteroatoms. The van der Waals surface area contributed by atoms with E-state index in [2.05, 4.69) is 11.9 Å². The molecule has 1 aromatic rings. The molecule has 0 bridgehead atoms. The number of imide groups is 1. The van der Waals surface area contributed by atoms with Gasteiger partial charge in [-0.3, -0.25) is 14.9 Å². The average Bonchev–Trinajstić information content (AvgIpc) is 2.57. The maximum absolute atomic E-state index is 11.4. The lowest BCUT2D eigenvalue weighted by Gasteiger charge is -2.02. The van der Waals surface area contributed by atoms with E-state index >= 15 is 0 Å². The first kappa shape index (κ1) is 13.2. The van der Waals surface area contributed by atoms with Gasteiger partial charge in [-0.1, -0.05) is 31.6 Å². The molecule has 1 heterocycles. The lowest BCUT2D eigenvalue weighted by atomic mass is 9.99. The topological polar surface area (TPSA) is 46.2 Å². The fourth-order valence-electron chi connectivity index (χ4n) is 1.77. The minimum absolute atomic E-state index is 0.256. The fraction of sp³-hybridized carbons (Fsp3) is 0.286. The smallest absolute Gasteiger partial charge is 0.259 e. The van der Waals surface area contributed by atoms with Crippen LogP contribution in [-0.2, 0) is 6.42 Å². The van der Waals surface area contributed by atoms with Crippen molar-refractivity contribution in [3.8, 4) is 0 Å². The van der Waals surface area contributed by atoms with Crippen LogP contribution in [0, 0.1) is 0 Å². The van der Waals surface area contributed by atoms with Crippen LogP contribution in [0.25, 0.3) is 0 Å². The normalized spacial score (nSPS) is 12.4. The monoisotopic (exact) mass is 231 g/mol. The Bertz CT molecular complexity index is 450. The number of hydrogen-bond donors (Lipinski definition) is 1. The number of nitrogens with one attached hydrogen (secondary N) is 1. The summed E-state index contributed by atoms with van der Waals surface area (Å²) in [6, 6.07) is 5.41. The predicted octanol–water partition coefficient (Wildman–Crippen LogP) is 2.72. The zero-order chi connectivity index (χ0) is 12.8. The fourth-order valence-corrected chi connectivity index (χ4v) is 1.77. The molecule has 0 saturated heterocycles. The van der Waals surface area contributed by atoms with E-state index in [1.54, 1.807) is 12.1 Å². The van der Waals surface area contributed by atoms with E-state index < -0.39 is 0 Å². The van der Waals surface area contributed by atoms with Crippen molar-refractivity contribution in [1.82, 2.24) is 5.32 Å². The summed E-state index contributed by atoms with van der Waals surface area (Å²) in [5.74, 6) is -0.531. The molecule has 0 atom stereocenters. The Balaban J connectivity index is 0.000000437. The third-order valence-electron chi connectivity index (χ3n) is 2.37. The highest BCUT2D eigenvalue weighted by Crippen LogP contribution is 2.20. The van der Waals surface area contributed by atoms with E-state index in [1.165, 1.54) is 0 Å². The number of aryl methyl sites for hydroxylation is 1. The molecule has 1 aromatic carbocycles. The minimum atomic E-state index is -0.275. The number of carbonyl (C=O) groups is 2. The van der Waals surface area contributed by atoms with Crippen molar-refractivity contribution in [2.75, 3.05) is 0 Å². The van der Waals surface area contributed by atoms with Crippen molar-refractivity contribution in [2.24, 2.45) is 0 Å². The second kappa shape index (κ2) is 5.99. The van der Waals surface area contributed by atoms with Gasteiger partial charge in [-0.05, 0) is 25.0 Å². The number of carbonyl (C=O) groups excluding carboxylic acids is 2. The van der Waals surface area contributed by atoms with E-state index in [1.807, 2.05) is 26.0 Å². The predicted molar refractivity (Wildman–Crippen MR) is 68.1 cm³/mol. The van der Waals surface area contributed by atoms with Crippen LogP contribution in [0.4, 0.5) is 0 Å². The van der Waals surface area contributed by atoms with Crippen LogP contribution in [0.3, 0.4) is 0 Å². The molecule has 90 valence electrons. The van der Waals surface area contributed by atoms with Crippen molar-refractivity contribution in [1.29, 1.82) is 0 Å². The molecule has 0 aliphatic carbocycles. The second-order valence-corrected chi connectivity index (χ2v) is 3.78. The standard InChI is InChI=1S/C11H11NO2.C3H6/c1-2-4-7-5-3-6-8-9(7)11(14)12-10(8)13;1-3-2/h3,5-6H,2,4H2,1H3,(H,12,13,14);3H,1H2,2H3. The van der Waals surface area contributed by atoms with E-state index in [0.29, 0.717) is 11.1 Å². The van der Waals surface area contributed by atoms with Gasteiger partial charge in [0, 0.05) is 0 Å². The molecule has 0 unspecified atom stereocenters. The Hall–Kier alpha value is -1.90. The molecule has 2 rings (SSSR count). The highest BCUT2D eigenvalue weighted by Gasteiger charge is 2.28. The maximum Gasteiger partial charge on any atom is 0.259 e. The van der Waals surface area contributed by atoms with Gasteiger partial charge in [0.15, 0.2) is 0 Å². The zero-order valence-electron chi connectivity index (χ0n) is 10.2. The van der Waals surface area contributed by atoms with E-state index in [0.717, 1.165) is 18.4 Å². The van der Waals surface area contributed by atoms with Gasteiger partial charge >= 0.3 is 0 Å². The average molecular weight is 231 g/mol. The molecule has 17 heavy (non-hydrogen) atoms. The first-order chi connectivity index (χ1) is 8.15. The Morgan fingerprint density at radius 3 is 2.53 bits per heavy atom. The van der Waals surface area contributed by atoms with Crippen LogP contribution < -0.4 is 5.32 Å². The highest BCUT2D eigenvalue weighted by atomic mass is 16.2.